The summed E-state index contributed by atoms with van der Waals surface area (Å²) in [6.07, 6.45) is 0. The monoisotopic (exact) mass is 437 g/mol. The lowest BCUT2D eigenvalue weighted by atomic mass is 10.3. The molecular formula is C16H15N5O6S2. The van der Waals surface area contributed by atoms with Gasteiger partial charge in [0.05, 0.1) is 15.1 Å². The van der Waals surface area contributed by atoms with Crippen LogP contribution in [0.3, 0.4) is 0 Å². The fourth-order valence-electron chi connectivity index (χ4n) is 2.99. The quantitative estimate of drug-likeness (QED) is 0.464. The van der Waals surface area contributed by atoms with Crippen molar-refractivity contribution in [2.75, 3.05) is 31.1 Å². The highest BCUT2D eigenvalue weighted by Crippen LogP contribution is 2.32. The molecule has 4 rings (SSSR count). The number of anilines is 1. The van der Waals surface area contributed by atoms with Crippen molar-refractivity contribution in [1.82, 2.24) is 9.29 Å². The molecule has 1 aromatic carbocycles. The number of nitrogens with zero attached hydrogens (tertiary/aromatic N) is 4. The van der Waals surface area contributed by atoms with E-state index in [4.69, 9.17) is 10.2 Å². The van der Waals surface area contributed by atoms with E-state index in [1.165, 1.54) is 39.9 Å². The van der Waals surface area contributed by atoms with Gasteiger partial charge in [-0.1, -0.05) is 11.3 Å². The summed E-state index contributed by atoms with van der Waals surface area (Å²) >= 11 is 1.32. The summed E-state index contributed by atoms with van der Waals surface area (Å²) in [4.78, 5) is 28.0. The van der Waals surface area contributed by atoms with Crippen molar-refractivity contribution in [2.24, 2.45) is 5.73 Å². The Hall–Kier alpha value is -3.03. The predicted octanol–water partition coefficient (Wildman–Crippen LogP) is 1.41. The Labute approximate surface area is 168 Å². The number of piperazine rings is 1. The molecule has 1 amide bonds. The molecule has 0 saturated carbocycles. The minimum atomic E-state index is -3.88. The van der Waals surface area contributed by atoms with E-state index in [0.717, 1.165) is 0 Å². The number of furan rings is 1. The molecule has 13 heteroatoms. The highest BCUT2D eigenvalue weighted by molar-refractivity contribution is 7.89. The van der Waals surface area contributed by atoms with E-state index < -0.39 is 20.9 Å². The number of nitro benzene ring substituents is 1. The number of hydrogen-bond donors (Lipinski definition) is 1. The molecule has 29 heavy (non-hydrogen) atoms. The van der Waals surface area contributed by atoms with Crippen LogP contribution < -0.4 is 10.6 Å². The molecule has 2 N–H and O–H groups in total. The van der Waals surface area contributed by atoms with Crippen molar-refractivity contribution < 1.29 is 22.6 Å². The molecule has 1 fully saturated rings. The second-order valence-electron chi connectivity index (χ2n) is 6.28. The number of thiazole rings is 1. The number of non-ortho nitro benzene ring substituents is 1. The van der Waals surface area contributed by atoms with E-state index in [9.17, 15) is 23.3 Å². The van der Waals surface area contributed by atoms with E-state index in [0.29, 0.717) is 28.4 Å². The zero-order valence-corrected chi connectivity index (χ0v) is 16.5. The number of carbonyl (C=O) groups excluding carboxylic acids is 1. The number of rotatable bonds is 5. The lowest BCUT2D eigenvalue weighted by Crippen LogP contribution is -2.48. The molecule has 1 aliphatic rings. The van der Waals surface area contributed by atoms with Gasteiger partial charge in [-0.3, -0.25) is 14.9 Å². The van der Waals surface area contributed by atoms with Crippen LogP contribution in [0.2, 0.25) is 0 Å². The number of fused-ring (bicyclic) bond motifs is 1. The molecule has 1 saturated heterocycles. The highest BCUT2D eigenvalue weighted by atomic mass is 32.2. The summed E-state index contributed by atoms with van der Waals surface area (Å²) in [6.45, 7) is 1.19. The maximum atomic E-state index is 12.7. The van der Waals surface area contributed by atoms with Gasteiger partial charge in [0.2, 0.25) is 5.09 Å². The van der Waals surface area contributed by atoms with E-state index in [1.807, 2.05) is 4.90 Å². The second-order valence-corrected chi connectivity index (χ2v) is 9.16. The average Bonchev–Trinajstić information content (AvgIpc) is 3.35. The first-order valence-electron chi connectivity index (χ1n) is 8.45. The SMILES string of the molecule is NC(=O)c1ccc(S(=O)(=O)N2CCN(c3nc4ccc([N+](=O)[O-])cc4s3)CC2)o1. The Morgan fingerprint density at radius 2 is 1.93 bits per heavy atom. The summed E-state index contributed by atoms with van der Waals surface area (Å²) < 4.78 is 32.4. The van der Waals surface area contributed by atoms with Gasteiger partial charge in [-0.15, -0.1) is 0 Å². The smallest absolute Gasteiger partial charge is 0.284 e. The number of benzene rings is 1. The van der Waals surface area contributed by atoms with Crippen LogP contribution in [-0.4, -0.2) is 54.7 Å². The van der Waals surface area contributed by atoms with Crippen LogP contribution in [0, 0.1) is 10.1 Å². The molecule has 11 nitrogen and oxygen atoms in total. The first-order chi connectivity index (χ1) is 13.8. The van der Waals surface area contributed by atoms with Gasteiger partial charge >= 0.3 is 0 Å². The van der Waals surface area contributed by atoms with Crippen LogP contribution >= 0.6 is 11.3 Å². The molecule has 0 bridgehead atoms. The van der Waals surface area contributed by atoms with Crippen LogP contribution in [0.5, 0.6) is 0 Å². The van der Waals surface area contributed by atoms with Crippen molar-refractivity contribution in [2.45, 2.75) is 5.09 Å². The number of amides is 1. The van der Waals surface area contributed by atoms with Crippen molar-refractivity contribution in [1.29, 1.82) is 0 Å². The molecule has 0 radical (unpaired) electrons. The number of nitro groups is 1. The Kier molecular flexibility index (Phi) is 4.72. The number of hydrogen-bond acceptors (Lipinski definition) is 9. The molecular weight excluding hydrogens is 422 g/mol. The Bertz CT molecular complexity index is 1210. The highest BCUT2D eigenvalue weighted by Gasteiger charge is 2.32. The third-order valence-corrected chi connectivity index (χ3v) is 7.35. The van der Waals surface area contributed by atoms with Crippen LogP contribution in [0.1, 0.15) is 10.6 Å². The molecule has 0 unspecified atom stereocenters. The van der Waals surface area contributed by atoms with Crippen molar-refractivity contribution in [3.8, 4) is 0 Å². The third-order valence-electron chi connectivity index (χ3n) is 4.50. The first-order valence-corrected chi connectivity index (χ1v) is 10.7. The lowest BCUT2D eigenvalue weighted by Gasteiger charge is -2.33. The van der Waals surface area contributed by atoms with Gasteiger partial charge in [0.25, 0.3) is 21.6 Å². The zero-order chi connectivity index (χ0) is 20.8. The molecule has 2 aromatic heterocycles. The molecule has 0 spiro atoms. The van der Waals surface area contributed by atoms with Gasteiger partial charge in [0.15, 0.2) is 10.9 Å². The summed E-state index contributed by atoms with van der Waals surface area (Å²) in [5.41, 5.74) is 5.75. The summed E-state index contributed by atoms with van der Waals surface area (Å²) in [5, 5.41) is 11.3. The molecule has 3 heterocycles. The van der Waals surface area contributed by atoms with E-state index >= 15 is 0 Å². The Morgan fingerprint density at radius 3 is 2.55 bits per heavy atom. The normalized spacial score (nSPS) is 15.7. The van der Waals surface area contributed by atoms with Crippen LogP contribution in [-0.2, 0) is 10.0 Å². The second kappa shape index (κ2) is 7.09. The molecule has 152 valence electrons. The van der Waals surface area contributed by atoms with Crippen molar-refractivity contribution >= 4 is 48.3 Å². The summed E-state index contributed by atoms with van der Waals surface area (Å²) in [6, 6.07) is 6.92. The number of primary amides is 1. The Morgan fingerprint density at radius 1 is 1.21 bits per heavy atom. The number of sulfonamides is 1. The molecule has 0 atom stereocenters. The average molecular weight is 437 g/mol. The van der Waals surface area contributed by atoms with Gasteiger partial charge in [0.1, 0.15) is 0 Å². The van der Waals surface area contributed by atoms with Gasteiger partial charge in [0, 0.05) is 38.3 Å². The van der Waals surface area contributed by atoms with Crippen LogP contribution in [0.4, 0.5) is 10.8 Å². The fourth-order valence-corrected chi connectivity index (χ4v) is 5.37. The zero-order valence-electron chi connectivity index (χ0n) is 14.8. The molecule has 0 aliphatic carbocycles. The van der Waals surface area contributed by atoms with Gasteiger partial charge in [-0.05, 0) is 18.2 Å². The van der Waals surface area contributed by atoms with Crippen LogP contribution in [0.15, 0.2) is 39.8 Å². The van der Waals surface area contributed by atoms with Gasteiger partial charge in [-0.25, -0.2) is 13.4 Å². The lowest BCUT2D eigenvalue weighted by molar-refractivity contribution is -0.384. The number of aromatic nitrogens is 1. The van der Waals surface area contributed by atoms with E-state index in [-0.39, 0.29) is 29.6 Å². The molecule has 1 aliphatic heterocycles. The molecule has 3 aromatic rings. The third kappa shape index (κ3) is 3.54. The maximum absolute atomic E-state index is 12.7. The minimum Gasteiger partial charge on any atom is -0.438 e. The largest absolute Gasteiger partial charge is 0.438 e. The van der Waals surface area contributed by atoms with E-state index in [1.54, 1.807) is 6.07 Å². The topological polar surface area (TPSA) is 153 Å². The van der Waals surface area contributed by atoms with Crippen molar-refractivity contribution in [3.05, 3.63) is 46.2 Å². The first kappa shape index (κ1) is 19.3. The standard InChI is InChI=1S/C16H15N5O6S2/c17-15(22)12-3-4-14(27-12)29(25,26)20-7-5-19(6-8-20)16-18-11-2-1-10(21(23)24)9-13(11)28-16/h1-4,9H,5-8H2,(H2,17,22). The number of nitrogens with two attached hydrogens (primary N) is 1. The maximum Gasteiger partial charge on any atom is 0.284 e. The van der Waals surface area contributed by atoms with Crippen molar-refractivity contribution in [3.63, 3.8) is 0 Å². The summed E-state index contributed by atoms with van der Waals surface area (Å²) in [7, 11) is -3.88. The van der Waals surface area contributed by atoms with E-state index in [2.05, 4.69) is 4.98 Å². The van der Waals surface area contributed by atoms with Gasteiger partial charge < -0.3 is 15.1 Å². The fraction of sp³-hybridized carbons (Fsp3) is 0.250. The van der Waals surface area contributed by atoms with Crippen LogP contribution in [0.25, 0.3) is 10.2 Å². The van der Waals surface area contributed by atoms with Gasteiger partial charge in [-0.2, -0.15) is 4.31 Å². The minimum absolute atomic E-state index is 0.00242. The summed E-state index contributed by atoms with van der Waals surface area (Å²) in [5.74, 6) is -1.06. The predicted molar refractivity (Wildman–Crippen MR) is 104 cm³/mol. The Balaban J connectivity index is 1.49. The number of carbonyl (C=O) groups is 1.